The summed E-state index contributed by atoms with van der Waals surface area (Å²) >= 11 is 0. The van der Waals surface area contributed by atoms with Crippen molar-refractivity contribution in [1.82, 2.24) is 24.3 Å². The molecule has 9 nitrogen and oxygen atoms in total. The molecule has 0 aliphatic carbocycles. The number of piperazine rings is 1. The Morgan fingerprint density at radius 3 is 2.19 bits per heavy atom. The molecule has 168 valence electrons. The third-order valence-electron chi connectivity index (χ3n) is 5.52. The van der Waals surface area contributed by atoms with Gasteiger partial charge in [-0.25, -0.2) is 8.42 Å². The van der Waals surface area contributed by atoms with Crippen LogP contribution in [0.25, 0.3) is 0 Å². The molecule has 0 saturated carbocycles. The first-order valence-corrected chi connectivity index (χ1v) is 11.8. The van der Waals surface area contributed by atoms with Gasteiger partial charge in [0.2, 0.25) is 15.9 Å². The zero-order chi connectivity index (χ0) is 22.8. The number of benzene rings is 1. The minimum Gasteiger partial charge on any atom is -0.343 e. The Morgan fingerprint density at radius 2 is 1.65 bits per heavy atom. The number of aryl methyl sites for hydroxylation is 3. The number of carbonyl (C=O) groups excluding carboxylic acids is 2. The second-order valence-electron chi connectivity index (χ2n) is 7.65. The average molecular weight is 448 g/mol. The van der Waals surface area contributed by atoms with Gasteiger partial charge in [0.1, 0.15) is 4.90 Å². The van der Waals surface area contributed by atoms with E-state index in [2.05, 4.69) is 10.4 Å². The van der Waals surface area contributed by atoms with E-state index in [-0.39, 0.29) is 49.4 Å². The van der Waals surface area contributed by atoms with E-state index in [4.69, 9.17) is 0 Å². The third-order valence-corrected chi connectivity index (χ3v) is 7.67. The average Bonchev–Trinajstić information content (AvgIpc) is 3.06. The van der Waals surface area contributed by atoms with Crippen molar-refractivity contribution in [3.8, 4) is 0 Å². The lowest BCUT2D eigenvalue weighted by molar-refractivity contribution is -0.131. The van der Waals surface area contributed by atoms with Gasteiger partial charge in [-0.15, -0.1) is 0 Å². The van der Waals surface area contributed by atoms with Gasteiger partial charge in [-0.05, 0) is 39.8 Å². The highest BCUT2D eigenvalue weighted by molar-refractivity contribution is 7.89. The summed E-state index contributed by atoms with van der Waals surface area (Å²) in [5.41, 5.74) is 2.65. The number of aromatic nitrogens is 2. The number of hydrogen-bond donors (Lipinski definition) is 1. The van der Waals surface area contributed by atoms with E-state index in [1.165, 1.54) is 4.31 Å². The van der Waals surface area contributed by atoms with Crippen LogP contribution in [-0.4, -0.2) is 71.9 Å². The van der Waals surface area contributed by atoms with Gasteiger partial charge in [-0.3, -0.25) is 14.3 Å². The van der Waals surface area contributed by atoms with Crippen molar-refractivity contribution in [2.45, 2.75) is 39.1 Å². The molecular formula is C21H29N5O4S. The Labute approximate surface area is 183 Å². The fourth-order valence-corrected chi connectivity index (χ4v) is 5.54. The van der Waals surface area contributed by atoms with Gasteiger partial charge < -0.3 is 10.2 Å². The maximum Gasteiger partial charge on any atom is 0.251 e. The summed E-state index contributed by atoms with van der Waals surface area (Å²) in [6.45, 7) is 8.74. The van der Waals surface area contributed by atoms with E-state index in [0.717, 1.165) is 5.56 Å². The molecule has 10 heteroatoms. The fourth-order valence-electron chi connectivity index (χ4n) is 3.74. The van der Waals surface area contributed by atoms with Gasteiger partial charge in [0.25, 0.3) is 5.91 Å². The lowest BCUT2D eigenvalue weighted by atomic mass is 10.1. The molecule has 0 spiro atoms. The van der Waals surface area contributed by atoms with E-state index in [0.29, 0.717) is 23.5 Å². The Hall–Kier alpha value is -2.72. The maximum atomic E-state index is 13.1. The smallest absolute Gasteiger partial charge is 0.251 e. The molecule has 1 N–H and O–H groups in total. The molecule has 0 atom stereocenters. The lowest BCUT2D eigenvalue weighted by Crippen LogP contribution is -2.52. The molecule has 0 bridgehead atoms. The molecule has 2 amide bonds. The number of sulfonamides is 1. The van der Waals surface area contributed by atoms with Crippen LogP contribution in [0, 0.1) is 20.8 Å². The number of carbonyl (C=O) groups is 2. The number of amides is 2. The van der Waals surface area contributed by atoms with Crippen molar-refractivity contribution < 1.29 is 18.0 Å². The Kier molecular flexibility index (Phi) is 6.80. The third kappa shape index (κ3) is 4.80. The summed E-state index contributed by atoms with van der Waals surface area (Å²) in [6, 6.07) is 7.10. The van der Waals surface area contributed by atoms with Crippen molar-refractivity contribution in [3.05, 3.63) is 46.8 Å². The summed E-state index contributed by atoms with van der Waals surface area (Å²) in [7, 11) is -3.68. The predicted octanol–water partition coefficient (Wildman–Crippen LogP) is 1.09. The SMILES string of the molecule is CCn1nc(C)c(S(=O)(=O)N2CCN(C(=O)CNC(=O)c3ccc(C)cc3)CC2)c1C. The van der Waals surface area contributed by atoms with Crippen LogP contribution in [0.1, 0.15) is 34.2 Å². The van der Waals surface area contributed by atoms with E-state index in [1.54, 1.807) is 35.6 Å². The highest BCUT2D eigenvalue weighted by atomic mass is 32.2. The highest BCUT2D eigenvalue weighted by Gasteiger charge is 2.34. The Bertz CT molecular complexity index is 1070. The van der Waals surface area contributed by atoms with Crippen LogP contribution in [0.15, 0.2) is 29.2 Å². The van der Waals surface area contributed by atoms with E-state index in [9.17, 15) is 18.0 Å². The quantitative estimate of drug-likeness (QED) is 0.714. The summed E-state index contributed by atoms with van der Waals surface area (Å²) in [5.74, 6) is -0.544. The second-order valence-corrected chi connectivity index (χ2v) is 9.52. The normalized spacial score (nSPS) is 15.2. The molecule has 1 fully saturated rings. The van der Waals surface area contributed by atoms with Crippen LogP contribution < -0.4 is 5.32 Å². The van der Waals surface area contributed by atoms with Gasteiger partial charge in [-0.2, -0.15) is 9.40 Å². The van der Waals surface area contributed by atoms with Crippen molar-refractivity contribution >= 4 is 21.8 Å². The zero-order valence-corrected chi connectivity index (χ0v) is 19.2. The predicted molar refractivity (Wildman–Crippen MR) is 116 cm³/mol. The van der Waals surface area contributed by atoms with Crippen LogP contribution in [0.2, 0.25) is 0 Å². The summed E-state index contributed by atoms with van der Waals surface area (Å²) in [4.78, 5) is 26.5. The number of nitrogens with zero attached hydrogens (tertiary/aromatic N) is 4. The van der Waals surface area contributed by atoms with Crippen LogP contribution in [0.5, 0.6) is 0 Å². The number of rotatable bonds is 6. The van der Waals surface area contributed by atoms with E-state index in [1.807, 2.05) is 26.0 Å². The summed E-state index contributed by atoms with van der Waals surface area (Å²) in [5, 5.41) is 6.94. The Morgan fingerprint density at radius 1 is 1.03 bits per heavy atom. The molecule has 1 aromatic heterocycles. The zero-order valence-electron chi connectivity index (χ0n) is 18.4. The molecule has 1 aliphatic heterocycles. The molecule has 2 aromatic rings. The number of hydrogen-bond acceptors (Lipinski definition) is 5. The van der Waals surface area contributed by atoms with Crippen LogP contribution in [0.3, 0.4) is 0 Å². The molecule has 0 radical (unpaired) electrons. The van der Waals surface area contributed by atoms with Crippen LogP contribution in [-0.2, 0) is 21.4 Å². The molecule has 1 saturated heterocycles. The molecule has 1 aromatic carbocycles. The molecule has 3 rings (SSSR count). The standard InChI is InChI=1S/C21H29N5O4S/c1-5-26-17(4)20(16(3)23-26)31(29,30)25-12-10-24(11-13-25)19(27)14-22-21(28)18-8-6-15(2)7-9-18/h6-9H,5,10-14H2,1-4H3,(H,22,28). The number of nitrogens with one attached hydrogen (secondary N) is 1. The molecular weight excluding hydrogens is 418 g/mol. The van der Waals surface area contributed by atoms with E-state index < -0.39 is 10.0 Å². The van der Waals surface area contributed by atoms with Gasteiger partial charge >= 0.3 is 0 Å². The second kappa shape index (κ2) is 9.19. The lowest BCUT2D eigenvalue weighted by Gasteiger charge is -2.34. The molecule has 2 heterocycles. The first-order chi connectivity index (χ1) is 14.6. The van der Waals surface area contributed by atoms with Gasteiger partial charge in [0, 0.05) is 38.3 Å². The minimum absolute atomic E-state index is 0.124. The van der Waals surface area contributed by atoms with E-state index >= 15 is 0 Å². The van der Waals surface area contributed by atoms with Crippen molar-refractivity contribution in [2.24, 2.45) is 0 Å². The highest BCUT2D eigenvalue weighted by Crippen LogP contribution is 2.24. The van der Waals surface area contributed by atoms with Crippen molar-refractivity contribution in [3.63, 3.8) is 0 Å². The summed E-state index contributed by atoms with van der Waals surface area (Å²) in [6.07, 6.45) is 0. The maximum absolute atomic E-state index is 13.1. The van der Waals surface area contributed by atoms with Crippen molar-refractivity contribution in [2.75, 3.05) is 32.7 Å². The first-order valence-electron chi connectivity index (χ1n) is 10.3. The van der Waals surface area contributed by atoms with Gasteiger partial charge in [0.05, 0.1) is 17.9 Å². The summed E-state index contributed by atoms with van der Waals surface area (Å²) < 4.78 is 29.4. The molecule has 1 aliphatic rings. The van der Waals surface area contributed by atoms with Crippen molar-refractivity contribution in [1.29, 1.82) is 0 Å². The van der Waals surface area contributed by atoms with Crippen LogP contribution >= 0.6 is 0 Å². The monoisotopic (exact) mass is 447 g/mol. The molecule has 0 unspecified atom stereocenters. The first kappa shape index (κ1) is 23.0. The van der Waals surface area contributed by atoms with Gasteiger partial charge in [-0.1, -0.05) is 17.7 Å². The topological polar surface area (TPSA) is 105 Å². The van der Waals surface area contributed by atoms with Gasteiger partial charge in [0.15, 0.2) is 0 Å². The Balaban J connectivity index is 1.57. The molecule has 31 heavy (non-hydrogen) atoms. The largest absolute Gasteiger partial charge is 0.343 e. The van der Waals surface area contributed by atoms with Crippen LogP contribution in [0.4, 0.5) is 0 Å². The fraction of sp³-hybridized carbons (Fsp3) is 0.476. The minimum atomic E-state index is -3.68.